The second-order valence-electron chi connectivity index (χ2n) is 15.7. The number of fused-ring (bicyclic) bond motifs is 8. The lowest BCUT2D eigenvalue weighted by Crippen LogP contribution is -2.10. The molecule has 0 saturated carbocycles. The lowest BCUT2D eigenvalue weighted by Gasteiger charge is -2.26. The van der Waals surface area contributed by atoms with Crippen molar-refractivity contribution in [1.29, 1.82) is 0 Å². The van der Waals surface area contributed by atoms with E-state index in [1.165, 1.54) is 91.8 Å². The second-order valence-corrected chi connectivity index (χ2v) is 16.8. The molecule has 0 N–H and O–H groups in total. The number of rotatable bonds is 7. The Labute approximate surface area is 358 Å². The Hall–Kier alpha value is -7.72. The maximum atomic E-state index is 2.50. The lowest BCUT2D eigenvalue weighted by molar-refractivity contribution is 1.19. The van der Waals surface area contributed by atoms with Crippen LogP contribution in [0.4, 0.5) is 17.1 Å². The van der Waals surface area contributed by atoms with E-state index in [1.54, 1.807) is 0 Å². The summed E-state index contributed by atoms with van der Waals surface area (Å²) in [5.74, 6) is 0. The minimum absolute atomic E-state index is 1.10. The predicted molar refractivity (Wildman–Crippen MR) is 262 cm³/mol. The van der Waals surface area contributed by atoms with Crippen molar-refractivity contribution in [3.63, 3.8) is 0 Å². The fourth-order valence-electron chi connectivity index (χ4n) is 9.26. The molecule has 10 aromatic carbocycles. The van der Waals surface area contributed by atoms with Crippen molar-refractivity contribution in [2.75, 3.05) is 4.90 Å². The molecule has 3 heteroatoms. The molecule has 12 rings (SSSR count). The highest BCUT2D eigenvalue weighted by atomic mass is 32.1. The summed E-state index contributed by atoms with van der Waals surface area (Å²) in [5, 5.41) is 7.57. The van der Waals surface area contributed by atoms with Crippen molar-refractivity contribution >= 4 is 81.1 Å². The third kappa shape index (κ3) is 6.01. The molecule has 286 valence electrons. The molecule has 0 spiro atoms. The van der Waals surface area contributed by atoms with Gasteiger partial charge in [0.15, 0.2) is 0 Å². The van der Waals surface area contributed by atoms with E-state index in [-0.39, 0.29) is 0 Å². The van der Waals surface area contributed by atoms with Crippen LogP contribution in [0.2, 0.25) is 0 Å². The zero-order chi connectivity index (χ0) is 40.3. The molecule has 0 aliphatic heterocycles. The molecular weight excluding hydrogens is 757 g/mol. The molecule has 2 aromatic heterocycles. The summed E-state index contributed by atoms with van der Waals surface area (Å²) < 4.78 is 5.08. The Morgan fingerprint density at radius 3 is 1.64 bits per heavy atom. The van der Waals surface area contributed by atoms with Gasteiger partial charge in [0.25, 0.3) is 0 Å². The van der Waals surface area contributed by atoms with Crippen molar-refractivity contribution in [2.45, 2.75) is 0 Å². The van der Waals surface area contributed by atoms with Crippen molar-refractivity contribution in [3.8, 4) is 39.1 Å². The first-order valence-corrected chi connectivity index (χ1v) is 21.6. The van der Waals surface area contributed by atoms with Crippen molar-refractivity contribution < 1.29 is 0 Å². The smallest absolute Gasteiger partial charge is 0.0634 e. The molecule has 0 unspecified atom stereocenters. The van der Waals surface area contributed by atoms with E-state index < -0.39 is 0 Å². The first-order chi connectivity index (χ1) is 30.2. The number of anilines is 3. The van der Waals surface area contributed by atoms with Gasteiger partial charge >= 0.3 is 0 Å². The number of hydrogen-bond donors (Lipinski definition) is 0. The average molecular weight is 795 g/mol. The third-order valence-corrected chi connectivity index (χ3v) is 13.4. The van der Waals surface area contributed by atoms with Crippen LogP contribution in [0.5, 0.6) is 0 Å². The van der Waals surface area contributed by atoms with Gasteiger partial charge in [0.2, 0.25) is 0 Å². The summed E-state index contributed by atoms with van der Waals surface area (Å²) >= 11 is 1.89. The van der Waals surface area contributed by atoms with E-state index in [2.05, 4.69) is 240 Å². The van der Waals surface area contributed by atoms with Gasteiger partial charge in [-0.3, -0.25) is 0 Å². The van der Waals surface area contributed by atoms with Crippen molar-refractivity contribution in [1.82, 2.24) is 4.57 Å². The van der Waals surface area contributed by atoms with Gasteiger partial charge in [0.1, 0.15) is 0 Å². The number of hydrogen-bond acceptors (Lipinski definition) is 2. The van der Waals surface area contributed by atoms with Crippen LogP contribution >= 0.6 is 11.3 Å². The molecule has 2 heterocycles. The normalized spacial score (nSPS) is 11.6. The largest absolute Gasteiger partial charge is 0.310 e. The van der Waals surface area contributed by atoms with Crippen molar-refractivity contribution in [3.05, 3.63) is 231 Å². The molecule has 61 heavy (non-hydrogen) atoms. The van der Waals surface area contributed by atoms with Gasteiger partial charge in [-0.25, -0.2) is 0 Å². The SMILES string of the molecule is c1ccc(-c2ccc(N(c3ccc(-c4ccccc4)cc3)c3cccc(-c4cc5c6ccccc6n(-c6ccc7ccccc7c6)c5c5c4sc4ccccc45)c3)cc2)cc1. The molecule has 0 radical (unpaired) electrons. The first-order valence-electron chi connectivity index (χ1n) is 20.8. The minimum atomic E-state index is 1.10. The van der Waals surface area contributed by atoms with E-state index >= 15 is 0 Å². The zero-order valence-corrected chi connectivity index (χ0v) is 34.1. The Bertz CT molecular complexity index is 3480. The summed E-state index contributed by atoms with van der Waals surface area (Å²) in [4.78, 5) is 2.39. The second kappa shape index (κ2) is 14.5. The number of para-hydroxylation sites is 1. The lowest BCUT2D eigenvalue weighted by atomic mass is 9.98. The van der Waals surface area contributed by atoms with Gasteiger partial charge in [-0.15, -0.1) is 11.3 Å². The maximum Gasteiger partial charge on any atom is 0.0634 e. The molecule has 0 fully saturated rings. The summed E-state index contributed by atoms with van der Waals surface area (Å²) in [6.07, 6.45) is 0. The highest BCUT2D eigenvalue weighted by Gasteiger charge is 2.22. The fourth-order valence-corrected chi connectivity index (χ4v) is 10.5. The standard InChI is InChI=1S/C58H38N2S/c1-3-14-39(15-4-1)42-26-31-46(32-27-42)59(47-33-28-43(29-34-47)40-16-5-2-6-17-40)48-21-13-20-45(37-48)52-38-53-50-22-9-11-24-54(50)60(49-35-30-41-18-7-8-19-44(41)36-49)57(53)56-51-23-10-12-25-55(51)61-58(52)56/h1-38H. The Kier molecular flexibility index (Phi) is 8.39. The summed E-state index contributed by atoms with van der Waals surface area (Å²) in [7, 11) is 0. The molecule has 0 bridgehead atoms. The first kappa shape index (κ1) is 35.2. The van der Waals surface area contributed by atoms with Crippen LogP contribution in [-0.2, 0) is 0 Å². The highest BCUT2D eigenvalue weighted by molar-refractivity contribution is 7.26. The monoisotopic (exact) mass is 794 g/mol. The third-order valence-electron chi connectivity index (χ3n) is 12.2. The van der Waals surface area contributed by atoms with Gasteiger partial charge in [-0.1, -0.05) is 164 Å². The van der Waals surface area contributed by atoms with E-state index in [9.17, 15) is 0 Å². The van der Waals surface area contributed by atoms with Crippen LogP contribution in [0.25, 0.3) is 91.8 Å². The number of benzene rings is 10. The van der Waals surface area contributed by atoms with Gasteiger partial charge in [0.05, 0.1) is 11.0 Å². The molecule has 12 aromatic rings. The van der Waals surface area contributed by atoms with Crippen LogP contribution in [0, 0.1) is 0 Å². The van der Waals surface area contributed by atoms with Gasteiger partial charge in [0, 0.05) is 59.3 Å². The summed E-state index contributed by atoms with van der Waals surface area (Å²) in [6, 6.07) is 84.1. The molecule has 0 aliphatic rings. The molecule has 0 atom stereocenters. The van der Waals surface area contributed by atoms with E-state index in [4.69, 9.17) is 0 Å². The van der Waals surface area contributed by atoms with Crippen LogP contribution in [0.3, 0.4) is 0 Å². The quantitative estimate of drug-likeness (QED) is 0.156. The highest BCUT2D eigenvalue weighted by Crippen LogP contribution is 2.48. The zero-order valence-electron chi connectivity index (χ0n) is 33.2. The fraction of sp³-hybridized carbons (Fsp3) is 0. The molecule has 0 saturated heterocycles. The van der Waals surface area contributed by atoms with Gasteiger partial charge < -0.3 is 9.47 Å². The van der Waals surface area contributed by atoms with E-state index in [1.807, 2.05) is 11.3 Å². The van der Waals surface area contributed by atoms with Crippen LogP contribution < -0.4 is 4.90 Å². The Morgan fingerprint density at radius 1 is 0.361 bits per heavy atom. The maximum absolute atomic E-state index is 2.50. The van der Waals surface area contributed by atoms with Gasteiger partial charge in [-0.05, 0) is 105 Å². The van der Waals surface area contributed by atoms with Crippen molar-refractivity contribution in [2.24, 2.45) is 0 Å². The molecule has 2 nitrogen and oxygen atoms in total. The number of nitrogens with zero attached hydrogens (tertiary/aromatic N) is 2. The molecule has 0 amide bonds. The van der Waals surface area contributed by atoms with Crippen LogP contribution in [0.1, 0.15) is 0 Å². The average Bonchev–Trinajstić information content (AvgIpc) is 3.88. The summed E-state index contributed by atoms with van der Waals surface area (Å²) in [5.41, 5.74) is 14.2. The Balaban J connectivity index is 1.07. The number of thiophene rings is 1. The van der Waals surface area contributed by atoms with E-state index in [0.717, 1.165) is 17.1 Å². The summed E-state index contributed by atoms with van der Waals surface area (Å²) in [6.45, 7) is 0. The van der Waals surface area contributed by atoms with Crippen LogP contribution in [-0.4, -0.2) is 4.57 Å². The number of aromatic nitrogens is 1. The topological polar surface area (TPSA) is 8.17 Å². The molecule has 0 aliphatic carbocycles. The van der Waals surface area contributed by atoms with Crippen LogP contribution in [0.15, 0.2) is 231 Å². The van der Waals surface area contributed by atoms with E-state index in [0.29, 0.717) is 0 Å². The Morgan fingerprint density at radius 2 is 0.934 bits per heavy atom. The van der Waals surface area contributed by atoms with Gasteiger partial charge in [-0.2, -0.15) is 0 Å². The molecular formula is C58H38N2S. The predicted octanol–water partition coefficient (Wildman–Crippen LogP) is 16.8. The minimum Gasteiger partial charge on any atom is -0.310 e.